The van der Waals surface area contributed by atoms with E-state index in [-0.39, 0.29) is 24.3 Å². The first-order valence-corrected chi connectivity index (χ1v) is 8.34. The van der Waals surface area contributed by atoms with Gasteiger partial charge in [0.15, 0.2) is 0 Å². The molecule has 0 bridgehead atoms. The van der Waals surface area contributed by atoms with E-state index in [1.54, 1.807) is 12.4 Å². The largest absolute Gasteiger partial charge is 0.372 e. The van der Waals surface area contributed by atoms with E-state index in [0.29, 0.717) is 13.1 Å². The van der Waals surface area contributed by atoms with Crippen molar-refractivity contribution in [2.24, 2.45) is 0 Å². The minimum absolute atomic E-state index is 0.00725. The number of rotatable bonds is 2. The third-order valence-corrected chi connectivity index (χ3v) is 4.29. The number of carbonyl (C=O) groups excluding carboxylic acids is 1. The van der Waals surface area contributed by atoms with Gasteiger partial charge >= 0.3 is 6.03 Å². The second-order valence-corrected chi connectivity index (χ2v) is 6.45. The summed E-state index contributed by atoms with van der Waals surface area (Å²) in [5, 5.41) is 3.16. The third kappa shape index (κ3) is 4.10. The van der Waals surface area contributed by atoms with Crippen LogP contribution in [0.2, 0.25) is 0 Å². The zero-order chi connectivity index (χ0) is 16.2. The summed E-state index contributed by atoms with van der Waals surface area (Å²) >= 11 is 0. The van der Waals surface area contributed by atoms with Crippen LogP contribution in [0.1, 0.15) is 26.7 Å². The fraction of sp³-hybridized carbons (Fsp3) is 0.688. The lowest BCUT2D eigenvalue weighted by molar-refractivity contribution is -0.0548. The second kappa shape index (κ2) is 7.12. The number of ether oxygens (including phenoxy) is 1. The Bertz CT molecular complexity index is 516. The number of nitrogens with zero attached hydrogens (tertiary/aromatic N) is 4. The highest BCUT2D eigenvalue weighted by molar-refractivity contribution is 5.74. The second-order valence-electron chi connectivity index (χ2n) is 6.45. The molecular formula is C16H25N5O2. The number of morpholine rings is 1. The van der Waals surface area contributed by atoms with E-state index in [1.165, 1.54) is 0 Å². The number of hydrogen-bond donors (Lipinski definition) is 1. The molecule has 2 aliphatic heterocycles. The molecule has 7 heteroatoms. The summed E-state index contributed by atoms with van der Waals surface area (Å²) in [4.78, 5) is 25.1. The van der Waals surface area contributed by atoms with E-state index in [1.807, 2.05) is 24.8 Å². The minimum atomic E-state index is 0.00725. The molecule has 126 valence electrons. The van der Waals surface area contributed by atoms with Crippen LogP contribution in [0.5, 0.6) is 0 Å². The summed E-state index contributed by atoms with van der Waals surface area (Å²) < 4.78 is 5.68. The molecule has 2 amide bonds. The molecule has 2 fully saturated rings. The molecule has 2 aliphatic rings. The predicted molar refractivity (Wildman–Crippen MR) is 87.4 cm³/mol. The SMILES string of the molecule is C[C@@H]1CN(C(=O)N[C@H]2CCCN(c3ncccn3)C2)C[C@H](C)O1. The Hall–Kier alpha value is -1.89. The summed E-state index contributed by atoms with van der Waals surface area (Å²) in [6.07, 6.45) is 5.70. The lowest BCUT2D eigenvalue weighted by Gasteiger charge is -2.38. The van der Waals surface area contributed by atoms with Gasteiger partial charge in [-0.3, -0.25) is 0 Å². The highest BCUT2D eigenvalue weighted by Crippen LogP contribution is 2.16. The molecule has 23 heavy (non-hydrogen) atoms. The van der Waals surface area contributed by atoms with Crippen molar-refractivity contribution >= 4 is 12.0 Å². The van der Waals surface area contributed by atoms with Crippen LogP contribution in [-0.2, 0) is 4.74 Å². The van der Waals surface area contributed by atoms with Crippen LogP contribution in [0.25, 0.3) is 0 Å². The summed E-state index contributed by atoms with van der Waals surface area (Å²) in [6.45, 7) is 6.99. The Morgan fingerprint density at radius 3 is 2.61 bits per heavy atom. The normalized spacial score (nSPS) is 28.5. The van der Waals surface area contributed by atoms with Crippen molar-refractivity contribution in [3.8, 4) is 0 Å². The molecule has 0 spiro atoms. The van der Waals surface area contributed by atoms with Gasteiger partial charge in [-0.05, 0) is 32.8 Å². The van der Waals surface area contributed by atoms with Gasteiger partial charge in [-0.25, -0.2) is 14.8 Å². The van der Waals surface area contributed by atoms with Gasteiger partial charge in [-0.2, -0.15) is 0 Å². The molecule has 0 aromatic carbocycles. The number of piperidine rings is 1. The zero-order valence-electron chi connectivity index (χ0n) is 13.8. The van der Waals surface area contributed by atoms with Gasteiger partial charge in [0.25, 0.3) is 0 Å². The summed E-state index contributed by atoms with van der Waals surface area (Å²) in [7, 11) is 0. The monoisotopic (exact) mass is 319 g/mol. The highest BCUT2D eigenvalue weighted by Gasteiger charge is 2.29. The minimum Gasteiger partial charge on any atom is -0.372 e. The van der Waals surface area contributed by atoms with Gasteiger partial charge in [0.2, 0.25) is 5.95 Å². The molecule has 0 aliphatic carbocycles. The van der Waals surface area contributed by atoms with Crippen LogP contribution in [0.4, 0.5) is 10.7 Å². The summed E-state index contributed by atoms with van der Waals surface area (Å²) in [6, 6.07) is 1.95. The predicted octanol–water partition coefficient (Wildman–Crippen LogP) is 1.26. The van der Waals surface area contributed by atoms with Gasteiger partial charge in [0.1, 0.15) is 0 Å². The van der Waals surface area contributed by atoms with E-state index >= 15 is 0 Å². The molecule has 3 heterocycles. The van der Waals surface area contributed by atoms with Gasteiger partial charge in [0.05, 0.1) is 12.2 Å². The maximum atomic E-state index is 12.5. The molecule has 7 nitrogen and oxygen atoms in total. The van der Waals surface area contributed by atoms with Crippen LogP contribution < -0.4 is 10.2 Å². The molecule has 2 saturated heterocycles. The molecule has 0 saturated carbocycles. The van der Waals surface area contributed by atoms with Crippen molar-refractivity contribution in [2.75, 3.05) is 31.1 Å². The molecule has 1 N–H and O–H groups in total. The van der Waals surface area contributed by atoms with Gasteiger partial charge in [0, 0.05) is 44.6 Å². The lowest BCUT2D eigenvalue weighted by atomic mass is 10.1. The Morgan fingerprint density at radius 1 is 1.22 bits per heavy atom. The smallest absolute Gasteiger partial charge is 0.317 e. The average Bonchev–Trinajstić information content (AvgIpc) is 2.55. The first-order chi connectivity index (χ1) is 11.1. The quantitative estimate of drug-likeness (QED) is 0.889. The van der Waals surface area contributed by atoms with E-state index in [4.69, 9.17) is 4.74 Å². The standard InChI is InChI=1S/C16H25N5O2/c1-12-9-21(10-13(2)23-12)16(22)19-14-5-3-8-20(11-14)15-17-6-4-7-18-15/h4,6-7,12-14H,3,5,8-11H2,1-2H3,(H,19,22)/t12-,13+,14-/m0/s1. The van der Waals surface area contributed by atoms with E-state index in [2.05, 4.69) is 20.2 Å². The molecule has 0 radical (unpaired) electrons. The molecule has 3 rings (SSSR count). The number of aromatic nitrogens is 2. The Labute approximate surface area is 137 Å². The number of urea groups is 1. The van der Waals surface area contributed by atoms with Crippen LogP contribution in [0.3, 0.4) is 0 Å². The number of nitrogens with one attached hydrogen (secondary N) is 1. The lowest BCUT2D eigenvalue weighted by Crippen LogP contribution is -2.56. The first-order valence-electron chi connectivity index (χ1n) is 8.34. The Morgan fingerprint density at radius 2 is 1.91 bits per heavy atom. The zero-order valence-corrected chi connectivity index (χ0v) is 13.8. The summed E-state index contributed by atoms with van der Waals surface area (Å²) in [5.41, 5.74) is 0. The molecule has 3 atom stereocenters. The fourth-order valence-electron chi connectivity index (χ4n) is 3.34. The maximum Gasteiger partial charge on any atom is 0.317 e. The number of carbonyl (C=O) groups is 1. The van der Waals surface area contributed by atoms with Crippen molar-refractivity contribution in [3.05, 3.63) is 18.5 Å². The van der Waals surface area contributed by atoms with Gasteiger partial charge in [-0.15, -0.1) is 0 Å². The van der Waals surface area contributed by atoms with E-state index < -0.39 is 0 Å². The van der Waals surface area contributed by atoms with Crippen LogP contribution in [-0.4, -0.2) is 65.3 Å². The Balaban J connectivity index is 1.56. The van der Waals surface area contributed by atoms with Crippen LogP contribution in [0, 0.1) is 0 Å². The van der Waals surface area contributed by atoms with Crippen molar-refractivity contribution in [1.29, 1.82) is 0 Å². The fourth-order valence-corrected chi connectivity index (χ4v) is 3.34. The molecule has 1 aromatic rings. The number of anilines is 1. The van der Waals surface area contributed by atoms with Crippen LogP contribution >= 0.6 is 0 Å². The topological polar surface area (TPSA) is 70.6 Å². The van der Waals surface area contributed by atoms with Crippen molar-refractivity contribution in [3.63, 3.8) is 0 Å². The van der Waals surface area contributed by atoms with E-state index in [0.717, 1.165) is 31.9 Å². The first kappa shape index (κ1) is 16.0. The molecule has 0 unspecified atom stereocenters. The average molecular weight is 319 g/mol. The molecular weight excluding hydrogens is 294 g/mol. The maximum absolute atomic E-state index is 12.5. The molecule has 1 aromatic heterocycles. The van der Waals surface area contributed by atoms with Crippen molar-refractivity contribution in [1.82, 2.24) is 20.2 Å². The number of hydrogen-bond acceptors (Lipinski definition) is 5. The Kier molecular flexibility index (Phi) is 4.95. The van der Waals surface area contributed by atoms with Crippen molar-refractivity contribution in [2.45, 2.75) is 44.9 Å². The third-order valence-electron chi connectivity index (χ3n) is 4.29. The highest BCUT2D eigenvalue weighted by atomic mass is 16.5. The van der Waals surface area contributed by atoms with E-state index in [9.17, 15) is 4.79 Å². The van der Waals surface area contributed by atoms with Crippen LogP contribution in [0.15, 0.2) is 18.5 Å². The van der Waals surface area contributed by atoms with Crippen molar-refractivity contribution < 1.29 is 9.53 Å². The summed E-state index contributed by atoms with van der Waals surface area (Å²) in [5.74, 6) is 0.736. The number of amides is 2. The van der Waals surface area contributed by atoms with Gasteiger partial charge < -0.3 is 19.9 Å². The van der Waals surface area contributed by atoms with Gasteiger partial charge in [-0.1, -0.05) is 0 Å².